The lowest BCUT2D eigenvalue weighted by atomic mass is 9.69. The van der Waals surface area contributed by atoms with Crippen LogP contribution in [0.25, 0.3) is 0 Å². The van der Waals surface area contributed by atoms with E-state index in [0.717, 1.165) is 32.0 Å². The summed E-state index contributed by atoms with van der Waals surface area (Å²) in [5, 5.41) is 13.7. The lowest BCUT2D eigenvalue weighted by molar-refractivity contribution is 0.00303. The zero-order valence-electron chi connectivity index (χ0n) is 14.6. The maximum absolute atomic E-state index is 9.94. The van der Waals surface area contributed by atoms with Gasteiger partial charge in [-0.2, -0.15) is 0 Å². The molecule has 2 rings (SSSR count). The molecule has 0 bridgehead atoms. The van der Waals surface area contributed by atoms with E-state index in [1.807, 2.05) is 0 Å². The molecule has 1 saturated carbocycles. The van der Waals surface area contributed by atoms with E-state index in [1.54, 1.807) is 0 Å². The Balaban J connectivity index is 1.98. The molecule has 2 N–H and O–H groups in total. The fraction of sp³-hybridized carbons (Fsp3) is 1.00. The van der Waals surface area contributed by atoms with Gasteiger partial charge in [0.25, 0.3) is 0 Å². The zero-order chi connectivity index (χ0) is 15.5. The summed E-state index contributed by atoms with van der Waals surface area (Å²) in [6, 6.07) is 0.571. The van der Waals surface area contributed by atoms with E-state index in [1.165, 1.54) is 32.2 Å². The Hall–Kier alpha value is -0.120. The number of aliphatic hydroxyl groups is 1. The summed E-state index contributed by atoms with van der Waals surface area (Å²) in [5.41, 5.74) is 0.448. The van der Waals surface area contributed by atoms with Crippen LogP contribution in [0.2, 0.25) is 0 Å². The number of piperidine rings is 1. The predicted octanol–water partition coefficient (Wildman–Crippen LogP) is 2.88. The Labute approximate surface area is 131 Å². The van der Waals surface area contributed by atoms with Crippen molar-refractivity contribution >= 4 is 0 Å². The first kappa shape index (κ1) is 17.2. The highest BCUT2D eigenvalue weighted by atomic mass is 16.3. The number of likely N-dealkylation sites (tertiary alicyclic amines) is 1. The highest BCUT2D eigenvalue weighted by molar-refractivity contribution is 4.92. The third kappa shape index (κ3) is 4.94. The molecule has 0 radical (unpaired) electrons. The minimum Gasteiger partial charge on any atom is -0.393 e. The Morgan fingerprint density at radius 1 is 1.29 bits per heavy atom. The third-order valence-corrected chi connectivity index (χ3v) is 5.57. The predicted molar refractivity (Wildman–Crippen MR) is 89.4 cm³/mol. The fourth-order valence-corrected chi connectivity index (χ4v) is 4.39. The number of hydrogen-bond acceptors (Lipinski definition) is 3. The second kappa shape index (κ2) is 7.43. The smallest absolute Gasteiger partial charge is 0.0590 e. The van der Waals surface area contributed by atoms with E-state index in [-0.39, 0.29) is 6.10 Å². The molecule has 1 heterocycles. The first-order chi connectivity index (χ1) is 9.90. The molecular formula is C18H36N2O. The highest BCUT2D eigenvalue weighted by Gasteiger charge is 2.37. The molecule has 0 amide bonds. The molecule has 21 heavy (non-hydrogen) atoms. The summed E-state index contributed by atoms with van der Waals surface area (Å²) in [4.78, 5) is 2.62. The number of aliphatic hydroxyl groups excluding tert-OH is 1. The maximum atomic E-state index is 9.94. The highest BCUT2D eigenvalue weighted by Crippen LogP contribution is 2.40. The van der Waals surface area contributed by atoms with E-state index >= 15 is 0 Å². The largest absolute Gasteiger partial charge is 0.393 e. The first-order valence-electron chi connectivity index (χ1n) is 9.04. The van der Waals surface area contributed by atoms with Crippen LogP contribution in [0.15, 0.2) is 0 Å². The lowest BCUT2D eigenvalue weighted by Crippen LogP contribution is -2.51. The van der Waals surface area contributed by atoms with Gasteiger partial charge in [0.15, 0.2) is 0 Å². The lowest BCUT2D eigenvalue weighted by Gasteiger charge is -2.46. The van der Waals surface area contributed by atoms with Crippen molar-refractivity contribution in [2.24, 2.45) is 17.3 Å². The minimum atomic E-state index is -0.0868. The number of nitrogens with one attached hydrogen (secondary N) is 1. The van der Waals surface area contributed by atoms with Crippen molar-refractivity contribution in [1.29, 1.82) is 0 Å². The van der Waals surface area contributed by atoms with Gasteiger partial charge in [-0.05, 0) is 36.5 Å². The third-order valence-electron chi connectivity index (χ3n) is 5.57. The summed E-state index contributed by atoms with van der Waals surface area (Å²) in [6.07, 6.45) is 6.37. The molecule has 0 spiro atoms. The topological polar surface area (TPSA) is 35.5 Å². The van der Waals surface area contributed by atoms with Crippen molar-refractivity contribution in [3.8, 4) is 0 Å². The molecule has 3 nitrogen and oxygen atoms in total. The molecule has 1 aliphatic carbocycles. The van der Waals surface area contributed by atoms with E-state index < -0.39 is 0 Å². The van der Waals surface area contributed by atoms with Crippen LogP contribution in [0.1, 0.15) is 59.8 Å². The summed E-state index contributed by atoms with van der Waals surface area (Å²) in [5.74, 6) is 1.29. The molecule has 2 fully saturated rings. The van der Waals surface area contributed by atoms with Crippen LogP contribution in [0.3, 0.4) is 0 Å². The van der Waals surface area contributed by atoms with E-state index in [4.69, 9.17) is 0 Å². The summed E-state index contributed by atoms with van der Waals surface area (Å²) < 4.78 is 0. The second-order valence-corrected chi connectivity index (χ2v) is 8.31. The van der Waals surface area contributed by atoms with Crippen molar-refractivity contribution < 1.29 is 5.11 Å². The molecule has 0 aromatic heterocycles. The number of nitrogens with zero attached hydrogens (tertiary/aromatic N) is 1. The molecule has 2 aliphatic rings. The second-order valence-electron chi connectivity index (χ2n) is 8.31. The Morgan fingerprint density at radius 2 is 2.05 bits per heavy atom. The Kier molecular flexibility index (Phi) is 6.10. The monoisotopic (exact) mass is 296 g/mol. The van der Waals surface area contributed by atoms with Gasteiger partial charge >= 0.3 is 0 Å². The van der Waals surface area contributed by atoms with Crippen molar-refractivity contribution in [1.82, 2.24) is 10.2 Å². The van der Waals surface area contributed by atoms with Crippen LogP contribution in [-0.2, 0) is 0 Å². The van der Waals surface area contributed by atoms with E-state index in [0.29, 0.717) is 17.4 Å². The van der Waals surface area contributed by atoms with Gasteiger partial charge in [0, 0.05) is 32.2 Å². The minimum absolute atomic E-state index is 0.0868. The van der Waals surface area contributed by atoms with E-state index in [2.05, 4.69) is 37.9 Å². The normalized spacial score (nSPS) is 38.9. The first-order valence-corrected chi connectivity index (χ1v) is 9.04. The van der Waals surface area contributed by atoms with Gasteiger partial charge in [-0.25, -0.2) is 0 Å². The van der Waals surface area contributed by atoms with E-state index in [9.17, 15) is 5.11 Å². The van der Waals surface area contributed by atoms with Crippen LogP contribution in [0, 0.1) is 17.3 Å². The van der Waals surface area contributed by atoms with Crippen molar-refractivity contribution in [3.63, 3.8) is 0 Å². The van der Waals surface area contributed by atoms with Gasteiger partial charge in [-0.15, -0.1) is 0 Å². The Morgan fingerprint density at radius 3 is 2.67 bits per heavy atom. The molecule has 4 unspecified atom stereocenters. The standard InChI is InChI=1S/C18H36N2O/c1-14(2)19-12-18(8-5-6-15(3)10-18)13-20-9-7-17(21)16(4)11-20/h14-17,19,21H,5-13H2,1-4H3. The summed E-state index contributed by atoms with van der Waals surface area (Å²) in [7, 11) is 0. The number of rotatable bonds is 5. The molecule has 3 heteroatoms. The van der Waals surface area contributed by atoms with Crippen LogP contribution in [0.4, 0.5) is 0 Å². The van der Waals surface area contributed by atoms with Crippen LogP contribution < -0.4 is 5.32 Å². The fourth-order valence-electron chi connectivity index (χ4n) is 4.39. The van der Waals surface area contributed by atoms with Gasteiger partial charge in [-0.3, -0.25) is 0 Å². The van der Waals surface area contributed by atoms with Crippen LogP contribution in [0.5, 0.6) is 0 Å². The Bertz CT molecular complexity index is 320. The molecule has 1 saturated heterocycles. The van der Waals surface area contributed by atoms with Crippen LogP contribution >= 0.6 is 0 Å². The van der Waals surface area contributed by atoms with Gasteiger partial charge in [0.2, 0.25) is 0 Å². The van der Waals surface area contributed by atoms with Gasteiger partial charge in [0.05, 0.1) is 6.10 Å². The summed E-state index contributed by atoms with van der Waals surface area (Å²) >= 11 is 0. The number of hydrogen-bond donors (Lipinski definition) is 2. The van der Waals surface area contributed by atoms with Gasteiger partial charge in [-0.1, -0.05) is 40.5 Å². The quantitative estimate of drug-likeness (QED) is 0.819. The average Bonchev–Trinajstić information content (AvgIpc) is 2.41. The van der Waals surface area contributed by atoms with Gasteiger partial charge in [0.1, 0.15) is 0 Å². The van der Waals surface area contributed by atoms with Crippen molar-refractivity contribution in [2.45, 2.75) is 71.9 Å². The van der Waals surface area contributed by atoms with Gasteiger partial charge < -0.3 is 15.3 Å². The summed E-state index contributed by atoms with van der Waals surface area (Å²) in [6.45, 7) is 13.6. The molecule has 0 aromatic rings. The molecule has 124 valence electrons. The molecule has 1 aliphatic heterocycles. The van der Waals surface area contributed by atoms with Crippen molar-refractivity contribution in [2.75, 3.05) is 26.2 Å². The van der Waals surface area contributed by atoms with Crippen molar-refractivity contribution in [3.05, 3.63) is 0 Å². The molecule has 0 aromatic carbocycles. The average molecular weight is 296 g/mol. The zero-order valence-corrected chi connectivity index (χ0v) is 14.6. The molecular weight excluding hydrogens is 260 g/mol. The maximum Gasteiger partial charge on any atom is 0.0590 e. The molecule has 4 atom stereocenters. The SMILES string of the molecule is CC1CCCC(CNC(C)C)(CN2CCC(O)C(C)C2)C1. The van der Waals surface area contributed by atoms with Crippen LogP contribution in [-0.4, -0.2) is 48.3 Å².